The lowest BCUT2D eigenvalue weighted by Gasteiger charge is -2.07. The van der Waals surface area contributed by atoms with Crippen molar-refractivity contribution in [1.29, 1.82) is 0 Å². The minimum Gasteiger partial charge on any atom is -0.204 e. The molecule has 0 heterocycles. The Morgan fingerprint density at radius 3 is 1.95 bits per heavy atom. The second-order valence-electron chi connectivity index (χ2n) is 4.77. The first-order valence-electron chi connectivity index (χ1n) is 6.86. The fourth-order valence-corrected chi connectivity index (χ4v) is 2.20. The Morgan fingerprint density at radius 2 is 1.27 bits per heavy atom. The average Bonchev–Trinajstić information content (AvgIpc) is 2.57. The largest absolute Gasteiger partial charge is 0.204 e. The van der Waals surface area contributed by atoms with E-state index in [1.54, 1.807) is 24.3 Å². The van der Waals surface area contributed by atoms with Gasteiger partial charge in [-0.05, 0) is 29.8 Å². The number of halogens is 2. The van der Waals surface area contributed by atoms with E-state index in [9.17, 15) is 8.78 Å². The predicted octanol–water partition coefficient (Wildman–Crippen LogP) is 5.03. The predicted molar refractivity (Wildman–Crippen MR) is 84.2 cm³/mol. The maximum atomic E-state index is 14.2. The Kier molecular flexibility index (Phi) is 3.98. The van der Waals surface area contributed by atoms with Crippen LogP contribution in [-0.2, 0) is 0 Å². The van der Waals surface area contributed by atoms with Gasteiger partial charge in [0.15, 0.2) is 11.6 Å². The van der Waals surface area contributed by atoms with Gasteiger partial charge in [-0.15, -0.1) is 0 Å². The number of rotatable bonds is 1. The molecule has 0 saturated heterocycles. The van der Waals surface area contributed by atoms with E-state index in [1.807, 2.05) is 36.4 Å². The van der Waals surface area contributed by atoms with E-state index in [2.05, 4.69) is 11.8 Å². The number of hydrogen-bond donors (Lipinski definition) is 0. The molecule has 22 heavy (non-hydrogen) atoms. The molecule has 0 spiro atoms. The van der Waals surface area contributed by atoms with E-state index in [0.29, 0.717) is 11.1 Å². The highest BCUT2D eigenvalue weighted by Crippen LogP contribution is 2.28. The van der Waals surface area contributed by atoms with Crippen molar-refractivity contribution in [3.05, 3.63) is 95.6 Å². The molecule has 2 heteroatoms. The van der Waals surface area contributed by atoms with Gasteiger partial charge in [0.2, 0.25) is 0 Å². The van der Waals surface area contributed by atoms with E-state index in [1.165, 1.54) is 6.07 Å². The second kappa shape index (κ2) is 6.24. The summed E-state index contributed by atoms with van der Waals surface area (Å²) in [5, 5.41) is 0. The zero-order chi connectivity index (χ0) is 15.4. The Labute approximate surface area is 128 Å². The summed E-state index contributed by atoms with van der Waals surface area (Å²) < 4.78 is 27.8. The summed E-state index contributed by atoms with van der Waals surface area (Å²) in [5.74, 6) is 4.18. The van der Waals surface area contributed by atoms with E-state index >= 15 is 0 Å². The van der Waals surface area contributed by atoms with E-state index < -0.39 is 11.6 Å². The summed E-state index contributed by atoms with van der Waals surface area (Å²) in [4.78, 5) is 0. The molecule has 0 aliphatic carbocycles. The smallest absolute Gasteiger partial charge is 0.167 e. The van der Waals surface area contributed by atoms with E-state index in [4.69, 9.17) is 0 Å². The summed E-state index contributed by atoms with van der Waals surface area (Å²) in [6, 6.07) is 20.9. The molecule has 0 unspecified atom stereocenters. The molecule has 3 aromatic rings. The summed E-state index contributed by atoms with van der Waals surface area (Å²) in [7, 11) is 0. The molecule has 0 nitrogen and oxygen atoms in total. The fourth-order valence-electron chi connectivity index (χ4n) is 2.20. The normalized spacial score (nSPS) is 9.91. The van der Waals surface area contributed by atoms with Gasteiger partial charge in [-0.3, -0.25) is 0 Å². The van der Waals surface area contributed by atoms with Crippen LogP contribution in [0.15, 0.2) is 72.8 Å². The monoisotopic (exact) mass is 290 g/mol. The summed E-state index contributed by atoms with van der Waals surface area (Å²) in [5.41, 5.74) is 2.10. The van der Waals surface area contributed by atoms with Crippen LogP contribution in [0.2, 0.25) is 0 Å². The zero-order valence-electron chi connectivity index (χ0n) is 11.7. The van der Waals surface area contributed by atoms with Crippen molar-refractivity contribution in [2.24, 2.45) is 0 Å². The van der Waals surface area contributed by atoms with Crippen molar-refractivity contribution in [2.75, 3.05) is 0 Å². The van der Waals surface area contributed by atoms with Gasteiger partial charge < -0.3 is 0 Å². The molecule has 0 radical (unpaired) electrons. The highest BCUT2D eigenvalue weighted by atomic mass is 19.2. The molecule has 0 aliphatic heterocycles. The first-order valence-corrected chi connectivity index (χ1v) is 6.86. The highest BCUT2D eigenvalue weighted by Gasteiger charge is 2.14. The standard InChI is InChI=1S/C20H12F2/c21-18-14-13-17(12-11-15-7-3-1-4-8-15)19(20(18)22)16-9-5-2-6-10-16/h1-10,13-14H. The van der Waals surface area contributed by atoms with Gasteiger partial charge in [0.1, 0.15) is 0 Å². The van der Waals surface area contributed by atoms with Crippen molar-refractivity contribution >= 4 is 0 Å². The number of hydrogen-bond acceptors (Lipinski definition) is 0. The number of benzene rings is 3. The maximum Gasteiger partial charge on any atom is 0.167 e. The van der Waals surface area contributed by atoms with Crippen molar-refractivity contribution in [3.63, 3.8) is 0 Å². The summed E-state index contributed by atoms with van der Waals surface area (Å²) in [6.07, 6.45) is 0. The van der Waals surface area contributed by atoms with Crippen molar-refractivity contribution < 1.29 is 8.78 Å². The molecule has 3 rings (SSSR count). The molecule has 0 amide bonds. The van der Waals surface area contributed by atoms with Gasteiger partial charge in [0.25, 0.3) is 0 Å². The van der Waals surface area contributed by atoms with Gasteiger partial charge in [-0.25, -0.2) is 8.78 Å². The average molecular weight is 290 g/mol. The van der Waals surface area contributed by atoms with Crippen LogP contribution in [0.1, 0.15) is 11.1 Å². The third-order valence-electron chi connectivity index (χ3n) is 3.27. The minimum absolute atomic E-state index is 0.198. The summed E-state index contributed by atoms with van der Waals surface area (Å²) in [6.45, 7) is 0. The van der Waals surface area contributed by atoms with Gasteiger partial charge in [0, 0.05) is 16.7 Å². The van der Waals surface area contributed by atoms with Gasteiger partial charge in [-0.1, -0.05) is 60.4 Å². The molecular weight excluding hydrogens is 278 g/mol. The summed E-state index contributed by atoms with van der Waals surface area (Å²) >= 11 is 0. The van der Waals surface area contributed by atoms with Crippen LogP contribution in [0, 0.1) is 23.5 Å². The fraction of sp³-hybridized carbons (Fsp3) is 0. The molecule has 0 atom stereocenters. The topological polar surface area (TPSA) is 0 Å². The molecule has 3 aromatic carbocycles. The third-order valence-corrected chi connectivity index (χ3v) is 3.27. The van der Waals surface area contributed by atoms with Crippen molar-refractivity contribution in [3.8, 4) is 23.0 Å². The van der Waals surface area contributed by atoms with Crippen LogP contribution in [0.25, 0.3) is 11.1 Å². The Bertz CT molecular complexity index is 841. The lowest BCUT2D eigenvalue weighted by Crippen LogP contribution is -1.94. The van der Waals surface area contributed by atoms with Crippen LogP contribution in [0.4, 0.5) is 8.78 Å². The second-order valence-corrected chi connectivity index (χ2v) is 4.77. The van der Waals surface area contributed by atoms with Crippen LogP contribution >= 0.6 is 0 Å². The molecule has 106 valence electrons. The van der Waals surface area contributed by atoms with Crippen molar-refractivity contribution in [2.45, 2.75) is 0 Å². The van der Waals surface area contributed by atoms with Crippen LogP contribution in [0.3, 0.4) is 0 Å². The minimum atomic E-state index is -0.871. The SMILES string of the molecule is Fc1ccc(C#Cc2ccccc2)c(-c2ccccc2)c1F. The molecule has 0 aliphatic rings. The third kappa shape index (κ3) is 2.89. The first kappa shape index (κ1) is 14.0. The quantitative estimate of drug-likeness (QED) is 0.551. The molecule has 0 bridgehead atoms. The lowest BCUT2D eigenvalue weighted by molar-refractivity contribution is 0.511. The molecule has 0 N–H and O–H groups in total. The maximum absolute atomic E-state index is 14.2. The van der Waals surface area contributed by atoms with Gasteiger partial charge in [-0.2, -0.15) is 0 Å². The molecule has 0 saturated carbocycles. The molecule has 0 fully saturated rings. The van der Waals surface area contributed by atoms with Gasteiger partial charge in [0.05, 0.1) is 0 Å². The van der Waals surface area contributed by atoms with Gasteiger partial charge >= 0.3 is 0 Å². The van der Waals surface area contributed by atoms with Crippen molar-refractivity contribution in [1.82, 2.24) is 0 Å². The molecule has 0 aromatic heterocycles. The zero-order valence-corrected chi connectivity index (χ0v) is 11.7. The van der Waals surface area contributed by atoms with E-state index in [-0.39, 0.29) is 5.56 Å². The Hall–Kier alpha value is -2.92. The highest BCUT2D eigenvalue weighted by molar-refractivity contribution is 5.72. The Morgan fingerprint density at radius 1 is 0.636 bits per heavy atom. The lowest BCUT2D eigenvalue weighted by atomic mass is 9.98. The van der Waals surface area contributed by atoms with Crippen LogP contribution < -0.4 is 0 Å². The molecular formula is C20H12F2. The Balaban J connectivity index is 2.13. The van der Waals surface area contributed by atoms with E-state index in [0.717, 1.165) is 11.6 Å². The van der Waals surface area contributed by atoms with Crippen LogP contribution in [-0.4, -0.2) is 0 Å². The van der Waals surface area contributed by atoms with Crippen LogP contribution in [0.5, 0.6) is 0 Å². The first-order chi connectivity index (χ1) is 10.8.